The number of fused-ring (bicyclic) bond motifs is 6. The van der Waals surface area contributed by atoms with Gasteiger partial charge in [0, 0.05) is 16.5 Å². The predicted octanol–water partition coefficient (Wildman–Crippen LogP) is 5.88. The van der Waals surface area contributed by atoms with Crippen LogP contribution in [0.15, 0.2) is 97.1 Å². The van der Waals surface area contributed by atoms with Crippen molar-refractivity contribution in [2.75, 3.05) is 0 Å². The van der Waals surface area contributed by atoms with Gasteiger partial charge in [0.2, 0.25) is 0 Å². The van der Waals surface area contributed by atoms with Gasteiger partial charge >= 0.3 is 0 Å². The van der Waals surface area contributed by atoms with Crippen molar-refractivity contribution in [1.82, 2.24) is 4.57 Å². The van der Waals surface area contributed by atoms with Gasteiger partial charge in [-0.05, 0) is 45.8 Å². The smallest absolute Gasteiger partial charge is 0.114 e. The molecule has 0 aliphatic rings. The molecule has 0 saturated carbocycles. The van der Waals surface area contributed by atoms with E-state index in [1.807, 2.05) is 12.1 Å². The summed E-state index contributed by atoms with van der Waals surface area (Å²) in [6, 6.07) is 34.3. The lowest BCUT2D eigenvalue weighted by atomic mass is 9.91. The standard InChI is InChI=1S/C26H16BN/c27-23-9-5-11-25-26(23)21-8-3-4-10-24(21)28(25)19-15-14-18-13-12-17-6-1-2-7-20(17)22(18)16-19/h1-16H. The highest BCUT2D eigenvalue weighted by Crippen LogP contribution is 2.33. The maximum Gasteiger partial charge on any atom is 0.114 e. The van der Waals surface area contributed by atoms with Gasteiger partial charge in [-0.2, -0.15) is 0 Å². The molecule has 6 aromatic rings. The zero-order chi connectivity index (χ0) is 18.7. The quantitative estimate of drug-likeness (QED) is 0.257. The molecular weight excluding hydrogens is 337 g/mol. The van der Waals surface area contributed by atoms with E-state index in [9.17, 15) is 0 Å². The van der Waals surface area contributed by atoms with E-state index >= 15 is 0 Å². The summed E-state index contributed by atoms with van der Waals surface area (Å²) < 4.78 is 2.32. The van der Waals surface area contributed by atoms with E-state index in [1.165, 1.54) is 32.4 Å². The van der Waals surface area contributed by atoms with Gasteiger partial charge in [0.25, 0.3) is 0 Å². The van der Waals surface area contributed by atoms with Crippen molar-refractivity contribution in [1.29, 1.82) is 0 Å². The largest absolute Gasteiger partial charge is 0.309 e. The lowest BCUT2D eigenvalue weighted by Gasteiger charge is -2.11. The molecule has 0 aliphatic heterocycles. The first-order valence-corrected chi connectivity index (χ1v) is 9.51. The molecule has 128 valence electrons. The van der Waals surface area contributed by atoms with E-state index in [0.29, 0.717) is 0 Å². The number of hydrogen-bond acceptors (Lipinski definition) is 0. The Morgan fingerprint density at radius 3 is 2.11 bits per heavy atom. The summed E-state index contributed by atoms with van der Waals surface area (Å²) in [6.45, 7) is 0. The summed E-state index contributed by atoms with van der Waals surface area (Å²) >= 11 is 0. The van der Waals surface area contributed by atoms with Gasteiger partial charge in [-0.25, -0.2) is 0 Å². The molecule has 1 nitrogen and oxygen atoms in total. The molecule has 1 aromatic heterocycles. The average Bonchev–Trinajstić information content (AvgIpc) is 3.09. The Bertz CT molecular complexity index is 1520. The Morgan fingerprint density at radius 1 is 0.536 bits per heavy atom. The van der Waals surface area contributed by atoms with Crippen LogP contribution in [0.25, 0.3) is 49.0 Å². The van der Waals surface area contributed by atoms with E-state index in [-0.39, 0.29) is 0 Å². The minimum atomic E-state index is 0.818. The highest BCUT2D eigenvalue weighted by molar-refractivity contribution is 6.41. The number of aromatic nitrogens is 1. The highest BCUT2D eigenvalue weighted by atomic mass is 15.0. The van der Waals surface area contributed by atoms with Crippen LogP contribution in [0, 0.1) is 0 Å². The van der Waals surface area contributed by atoms with Gasteiger partial charge in [-0.1, -0.05) is 78.3 Å². The minimum Gasteiger partial charge on any atom is -0.309 e. The molecule has 2 radical (unpaired) electrons. The van der Waals surface area contributed by atoms with Crippen LogP contribution >= 0.6 is 0 Å². The molecule has 0 fully saturated rings. The van der Waals surface area contributed by atoms with Crippen LogP contribution in [-0.4, -0.2) is 12.4 Å². The van der Waals surface area contributed by atoms with Crippen LogP contribution in [0.4, 0.5) is 0 Å². The Kier molecular flexibility index (Phi) is 3.18. The third-order valence-electron chi connectivity index (χ3n) is 5.72. The van der Waals surface area contributed by atoms with Crippen molar-refractivity contribution in [2.24, 2.45) is 0 Å². The summed E-state index contributed by atoms with van der Waals surface area (Å²) in [6.07, 6.45) is 0. The van der Waals surface area contributed by atoms with Gasteiger partial charge < -0.3 is 4.57 Å². The molecule has 0 N–H and O–H groups in total. The van der Waals surface area contributed by atoms with Crippen molar-refractivity contribution < 1.29 is 0 Å². The average molecular weight is 353 g/mol. The molecule has 5 aromatic carbocycles. The Hall–Kier alpha value is -3.52. The van der Waals surface area contributed by atoms with E-state index in [2.05, 4.69) is 89.5 Å². The van der Waals surface area contributed by atoms with Crippen molar-refractivity contribution in [3.05, 3.63) is 97.1 Å². The summed E-state index contributed by atoms with van der Waals surface area (Å²) in [5.41, 5.74) is 4.29. The Balaban J connectivity index is 1.77. The van der Waals surface area contributed by atoms with E-state index in [1.54, 1.807) is 0 Å². The molecule has 0 unspecified atom stereocenters. The third-order valence-corrected chi connectivity index (χ3v) is 5.72. The first-order chi connectivity index (χ1) is 13.8. The highest BCUT2D eigenvalue weighted by Gasteiger charge is 2.13. The molecule has 0 spiro atoms. The third kappa shape index (κ3) is 2.09. The van der Waals surface area contributed by atoms with Crippen molar-refractivity contribution in [2.45, 2.75) is 0 Å². The summed E-state index contributed by atoms with van der Waals surface area (Å²) in [4.78, 5) is 0. The topological polar surface area (TPSA) is 4.93 Å². The molecule has 0 aliphatic carbocycles. The Labute approximate surface area is 164 Å². The second kappa shape index (κ2) is 5.74. The van der Waals surface area contributed by atoms with Crippen LogP contribution in [0.1, 0.15) is 0 Å². The molecule has 6 rings (SSSR count). The maximum absolute atomic E-state index is 6.37. The van der Waals surface area contributed by atoms with Crippen molar-refractivity contribution >= 4 is 56.7 Å². The second-order valence-electron chi connectivity index (χ2n) is 7.29. The normalized spacial score (nSPS) is 11.7. The minimum absolute atomic E-state index is 0.818. The van der Waals surface area contributed by atoms with Gasteiger partial charge in [0.15, 0.2) is 0 Å². The van der Waals surface area contributed by atoms with Crippen LogP contribution in [0.5, 0.6) is 0 Å². The molecule has 0 atom stereocenters. The fraction of sp³-hybridized carbons (Fsp3) is 0. The van der Waals surface area contributed by atoms with Crippen molar-refractivity contribution in [3.63, 3.8) is 0 Å². The second-order valence-corrected chi connectivity index (χ2v) is 7.29. The summed E-state index contributed by atoms with van der Waals surface area (Å²) in [5, 5.41) is 7.37. The fourth-order valence-electron chi connectivity index (χ4n) is 4.45. The maximum atomic E-state index is 6.37. The van der Waals surface area contributed by atoms with Crippen LogP contribution < -0.4 is 5.46 Å². The molecule has 0 saturated heterocycles. The van der Waals surface area contributed by atoms with Crippen molar-refractivity contribution in [3.8, 4) is 5.69 Å². The van der Waals surface area contributed by atoms with E-state index in [4.69, 9.17) is 7.85 Å². The lowest BCUT2D eigenvalue weighted by molar-refractivity contribution is 1.19. The van der Waals surface area contributed by atoms with E-state index in [0.717, 1.165) is 22.1 Å². The van der Waals surface area contributed by atoms with Crippen LogP contribution in [-0.2, 0) is 0 Å². The van der Waals surface area contributed by atoms with Gasteiger partial charge in [-0.15, -0.1) is 0 Å². The first kappa shape index (κ1) is 15.5. The fourth-order valence-corrected chi connectivity index (χ4v) is 4.45. The summed E-state index contributed by atoms with van der Waals surface area (Å²) in [7, 11) is 6.37. The van der Waals surface area contributed by atoms with Crippen LogP contribution in [0.3, 0.4) is 0 Å². The SMILES string of the molecule is [B]c1cccc2c1c1ccccc1n2-c1ccc2ccc3ccccc3c2c1. The monoisotopic (exact) mass is 353 g/mol. The number of rotatable bonds is 1. The number of benzene rings is 5. The molecule has 0 amide bonds. The van der Waals surface area contributed by atoms with Gasteiger partial charge in [0.05, 0.1) is 11.0 Å². The Morgan fingerprint density at radius 2 is 1.21 bits per heavy atom. The first-order valence-electron chi connectivity index (χ1n) is 9.51. The number of hydrogen-bond donors (Lipinski definition) is 0. The van der Waals surface area contributed by atoms with Gasteiger partial charge in [0.1, 0.15) is 7.85 Å². The van der Waals surface area contributed by atoms with Gasteiger partial charge in [-0.3, -0.25) is 0 Å². The predicted molar refractivity (Wildman–Crippen MR) is 121 cm³/mol. The number of nitrogens with zero attached hydrogens (tertiary/aromatic N) is 1. The molecule has 28 heavy (non-hydrogen) atoms. The zero-order valence-corrected chi connectivity index (χ0v) is 15.3. The molecule has 0 bridgehead atoms. The molecular formula is C26H16BN. The molecule has 1 heterocycles. The lowest BCUT2D eigenvalue weighted by Crippen LogP contribution is -2.02. The molecule has 2 heteroatoms. The zero-order valence-electron chi connectivity index (χ0n) is 15.3. The number of para-hydroxylation sites is 1. The summed E-state index contributed by atoms with van der Waals surface area (Å²) in [5.74, 6) is 0. The van der Waals surface area contributed by atoms with Crippen LogP contribution in [0.2, 0.25) is 0 Å². The van der Waals surface area contributed by atoms with E-state index < -0.39 is 0 Å².